The second kappa shape index (κ2) is 6.89. The van der Waals surface area contributed by atoms with Gasteiger partial charge in [0.25, 0.3) is 5.91 Å². The summed E-state index contributed by atoms with van der Waals surface area (Å²) in [7, 11) is 1.57. The predicted molar refractivity (Wildman–Crippen MR) is 71.5 cm³/mol. The first-order valence-corrected chi connectivity index (χ1v) is 6.20. The molecule has 0 aromatic carbocycles. The Balaban J connectivity index is 2.58. The number of carbonyl (C=O) groups is 2. The first-order chi connectivity index (χ1) is 8.93. The fraction of sp³-hybridized carbons (Fsp3) is 0.583. The number of nitrogens with two attached hydrogens (primary N) is 1. The highest BCUT2D eigenvalue weighted by atomic mass is 16.2. The van der Waals surface area contributed by atoms with Crippen LogP contribution in [0.25, 0.3) is 0 Å². The van der Waals surface area contributed by atoms with Crippen molar-refractivity contribution < 1.29 is 9.59 Å². The van der Waals surface area contributed by atoms with Gasteiger partial charge in [-0.2, -0.15) is 0 Å². The van der Waals surface area contributed by atoms with Crippen LogP contribution in [0.3, 0.4) is 0 Å². The second-order valence-corrected chi connectivity index (χ2v) is 4.67. The highest BCUT2D eigenvalue weighted by Gasteiger charge is 2.17. The van der Waals surface area contributed by atoms with E-state index in [2.05, 4.69) is 10.3 Å². The van der Waals surface area contributed by atoms with Crippen LogP contribution in [0, 0.1) is 0 Å². The van der Waals surface area contributed by atoms with E-state index in [1.165, 1.54) is 4.90 Å². The molecule has 0 atom stereocenters. The lowest BCUT2D eigenvalue weighted by Crippen LogP contribution is -2.40. The third kappa shape index (κ3) is 4.70. The minimum atomic E-state index is -0.283. The van der Waals surface area contributed by atoms with Gasteiger partial charge in [0.2, 0.25) is 5.91 Å². The molecule has 3 N–H and O–H groups in total. The largest absolute Gasteiger partial charge is 0.352 e. The molecule has 1 rings (SSSR count). The van der Waals surface area contributed by atoms with E-state index in [1.807, 2.05) is 13.8 Å². The molecule has 19 heavy (non-hydrogen) atoms. The molecular weight excluding hydrogens is 246 g/mol. The number of hydrogen-bond donors (Lipinski definition) is 2. The number of imidazole rings is 1. The van der Waals surface area contributed by atoms with Crippen molar-refractivity contribution in [2.75, 3.05) is 20.1 Å². The van der Waals surface area contributed by atoms with Crippen LogP contribution in [-0.4, -0.2) is 52.4 Å². The standard InChI is InChI=1S/C12H21N5O2/c1-9(2)15-11(18)7-16(3)12(19)10-6-17(5-4-13)8-14-10/h6,8-9H,4-5,7,13H2,1-3H3,(H,15,18). The van der Waals surface area contributed by atoms with Gasteiger partial charge in [0, 0.05) is 32.4 Å². The third-order valence-corrected chi connectivity index (χ3v) is 2.42. The molecule has 0 saturated heterocycles. The highest BCUT2D eigenvalue weighted by Crippen LogP contribution is 2.01. The molecule has 1 heterocycles. The summed E-state index contributed by atoms with van der Waals surface area (Å²) in [6, 6.07) is 0.0553. The molecule has 0 aliphatic carbocycles. The van der Waals surface area contributed by atoms with Crippen LogP contribution in [0.2, 0.25) is 0 Å². The van der Waals surface area contributed by atoms with Gasteiger partial charge in [-0.1, -0.05) is 0 Å². The average molecular weight is 267 g/mol. The van der Waals surface area contributed by atoms with Crippen molar-refractivity contribution in [3.63, 3.8) is 0 Å². The van der Waals surface area contributed by atoms with Gasteiger partial charge in [-0.15, -0.1) is 0 Å². The molecule has 0 saturated carbocycles. The summed E-state index contributed by atoms with van der Waals surface area (Å²) >= 11 is 0. The van der Waals surface area contributed by atoms with Gasteiger partial charge in [0.15, 0.2) is 0 Å². The van der Waals surface area contributed by atoms with E-state index in [0.29, 0.717) is 18.8 Å². The van der Waals surface area contributed by atoms with Crippen LogP contribution in [0.1, 0.15) is 24.3 Å². The molecular formula is C12H21N5O2. The Morgan fingerprint density at radius 1 is 1.53 bits per heavy atom. The van der Waals surface area contributed by atoms with Gasteiger partial charge in [-0.25, -0.2) is 4.98 Å². The minimum absolute atomic E-state index is 0.0146. The van der Waals surface area contributed by atoms with Crippen molar-refractivity contribution in [1.29, 1.82) is 0 Å². The molecule has 0 fully saturated rings. The Morgan fingerprint density at radius 3 is 2.79 bits per heavy atom. The number of amides is 2. The molecule has 7 nitrogen and oxygen atoms in total. The van der Waals surface area contributed by atoms with E-state index in [9.17, 15) is 9.59 Å². The lowest BCUT2D eigenvalue weighted by molar-refractivity contribution is -0.122. The first-order valence-electron chi connectivity index (χ1n) is 6.20. The zero-order valence-electron chi connectivity index (χ0n) is 11.6. The maximum Gasteiger partial charge on any atom is 0.274 e. The number of hydrogen-bond acceptors (Lipinski definition) is 4. The van der Waals surface area contributed by atoms with Crippen molar-refractivity contribution in [1.82, 2.24) is 19.8 Å². The van der Waals surface area contributed by atoms with Crippen LogP contribution < -0.4 is 11.1 Å². The number of nitrogens with one attached hydrogen (secondary N) is 1. The summed E-state index contributed by atoms with van der Waals surface area (Å²) in [5.41, 5.74) is 5.73. The Kier molecular flexibility index (Phi) is 5.50. The van der Waals surface area contributed by atoms with Crippen molar-refractivity contribution >= 4 is 11.8 Å². The number of rotatable bonds is 6. The Labute approximate surface area is 112 Å². The van der Waals surface area contributed by atoms with Crippen LogP contribution in [-0.2, 0) is 11.3 Å². The van der Waals surface area contributed by atoms with E-state index >= 15 is 0 Å². The minimum Gasteiger partial charge on any atom is -0.352 e. The summed E-state index contributed by atoms with van der Waals surface area (Å²) in [5.74, 6) is -0.470. The van der Waals surface area contributed by atoms with E-state index in [0.717, 1.165) is 0 Å². The Hall–Kier alpha value is -1.89. The molecule has 2 amide bonds. The Bertz CT molecular complexity index is 441. The topological polar surface area (TPSA) is 93.2 Å². The Morgan fingerprint density at radius 2 is 2.21 bits per heavy atom. The van der Waals surface area contributed by atoms with Crippen molar-refractivity contribution in [3.05, 3.63) is 18.2 Å². The normalized spacial score (nSPS) is 10.6. The quantitative estimate of drug-likeness (QED) is 0.722. The lowest BCUT2D eigenvalue weighted by Gasteiger charge is -2.16. The van der Waals surface area contributed by atoms with Gasteiger partial charge < -0.3 is 20.5 Å². The van der Waals surface area contributed by atoms with E-state index in [-0.39, 0.29) is 24.4 Å². The number of carbonyl (C=O) groups excluding carboxylic acids is 2. The fourth-order valence-electron chi connectivity index (χ4n) is 1.59. The number of nitrogens with zero attached hydrogens (tertiary/aromatic N) is 3. The van der Waals surface area contributed by atoms with Crippen LogP contribution >= 0.6 is 0 Å². The molecule has 0 aliphatic rings. The predicted octanol–water partition coefficient (Wildman–Crippen LogP) is -0.562. The van der Waals surface area contributed by atoms with E-state index < -0.39 is 0 Å². The van der Waals surface area contributed by atoms with Crippen molar-refractivity contribution in [2.45, 2.75) is 26.4 Å². The van der Waals surface area contributed by atoms with Crippen LogP contribution in [0.5, 0.6) is 0 Å². The summed E-state index contributed by atoms with van der Waals surface area (Å²) in [4.78, 5) is 28.9. The summed E-state index contributed by atoms with van der Waals surface area (Å²) in [6.07, 6.45) is 3.19. The molecule has 0 unspecified atom stereocenters. The van der Waals surface area contributed by atoms with Crippen molar-refractivity contribution in [2.24, 2.45) is 5.73 Å². The maximum absolute atomic E-state index is 12.0. The lowest BCUT2D eigenvalue weighted by atomic mass is 10.3. The van der Waals surface area contributed by atoms with Crippen LogP contribution in [0.4, 0.5) is 0 Å². The molecule has 0 radical (unpaired) electrons. The molecule has 1 aromatic rings. The third-order valence-electron chi connectivity index (χ3n) is 2.42. The molecule has 0 bridgehead atoms. The zero-order chi connectivity index (χ0) is 14.4. The fourth-order valence-corrected chi connectivity index (χ4v) is 1.59. The van der Waals surface area contributed by atoms with E-state index in [1.54, 1.807) is 24.1 Å². The maximum atomic E-state index is 12.0. The summed E-state index contributed by atoms with van der Waals surface area (Å²) in [5, 5.41) is 2.73. The molecule has 106 valence electrons. The van der Waals surface area contributed by atoms with Gasteiger partial charge in [-0.05, 0) is 13.8 Å². The summed E-state index contributed by atoms with van der Waals surface area (Å²) < 4.78 is 1.75. The van der Waals surface area contributed by atoms with E-state index in [4.69, 9.17) is 5.73 Å². The summed E-state index contributed by atoms with van der Waals surface area (Å²) in [6.45, 7) is 4.84. The van der Waals surface area contributed by atoms with Gasteiger partial charge in [0.05, 0.1) is 12.9 Å². The molecule has 0 aliphatic heterocycles. The second-order valence-electron chi connectivity index (χ2n) is 4.67. The monoisotopic (exact) mass is 267 g/mol. The SMILES string of the molecule is CC(C)NC(=O)CN(C)C(=O)c1cn(CCN)cn1. The highest BCUT2D eigenvalue weighted by molar-refractivity contribution is 5.94. The number of aromatic nitrogens is 2. The van der Waals surface area contributed by atoms with Gasteiger partial charge >= 0.3 is 0 Å². The first kappa shape index (κ1) is 15.2. The molecule has 7 heteroatoms. The number of likely N-dealkylation sites (N-methyl/N-ethyl adjacent to an activating group) is 1. The van der Waals surface area contributed by atoms with Gasteiger partial charge in [0.1, 0.15) is 5.69 Å². The van der Waals surface area contributed by atoms with Crippen molar-refractivity contribution in [3.8, 4) is 0 Å². The smallest absolute Gasteiger partial charge is 0.274 e. The van der Waals surface area contributed by atoms with Gasteiger partial charge in [-0.3, -0.25) is 9.59 Å². The average Bonchev–Trinajstić information content (AvgIpc) is 2.75. The molecule has 0 spiro atoms. The van der Waals surface area contributed by atoms with Crippen LogP contribution in [0.15, 0.2) is 12.5 Å². The zero-order valence-corrected chi connectivity index (χ0v) is 11.6. The molecule has 1 aromatic heterocycles.